The Labute approximate surface area is 131 Å². The number of nitrogens with one attached hydrogen (secondary N) is 1. The smallest absolute Gasteiger partial charge is 0.226 e. The standard InChI is InChI=1S/C15H15N3O3S/c19-13(16-10-11-4-2-8-20-11)6-1-7-14-17-15(18-21-14)12-5-3-9-22-12/h2-5,8-9H,1,6-7,10H2,(H,16,19). The number of carbonyl (C=O) groups excluding carboxylic acids is 1. The minimum absolute atomic E-state index is 0.0191. The molecule has 0 aliphatic heterocycles. The normalized spacial score (nSPS) is 10.7. The van der Waals surface area contributed by atoms with Gasteiger partial charge >= 0.3 is 0 Å². The van der Waals surface area contributed by atoms with E-state index in [-0.39, 0.29) is 5.91 Å². The Kier molecular flexibility index (Phi) is 4.65. The maximum absolute atomic E-state index is 11.7. The molecule has 0 saturated heterocycles. The summed E-state index contributed by atoms with van der Waals surface area (Å²) in [4.78, 5) is 17.0. The summed E-state index contributed by atoms with van der Waals surface area (Å²) in [5, 5.41) is 8.71. The van der Waals surface area contributed by atoms with E-state index in [1.807, 2.05) is 23.6 Å². The summed E-state index contributed by atoms with van der Waals surface area (Å²) < 4.78 is 10.3. The number of hydrogen-bond donors (Lipinski definition) is 1. The van der Waals surface area contributed by atoms with E-state index in [4.69, 9.17) is 8.94 Å². The number of rotatable bonds is 7. The minimum atomic E-state index is -0.0191. The van der Waals surface area contributed by atoms with Crippen molar-refractivity contribution in [3.63, 3.8) is 0 Å². The highest BCUT2D eigenvalue weighted by molar-refractivity contribution is 7.13. The Balaban J connectivity index is 1.40. The molecule has 3 rings (SSSR count). The second-order valence-corrected chi connectivity index (χ2v) is 5.65. The molecule has 0 spiro atoms. The molecule has 0 radical (unpaired) electrons. The second-order valence-electron chi connectivity index (χ2n) is 4.70. The minimum Gasteiger partial charge on any atom is -0.467 e. The topological polar surface area (TPSA) is 81.2 Å². The first-order valence-electron chi connectivity index (χ1n) is 6.97. The van der Waals surface area contributed by atoms with Gasteiger partial charge in [0.05, 0.1) is 17.7 Å². The highest BCUT2D eigenvalue weighted by Crippen LogP contribution is 2.21. The first-order valence-corrected chi connectivity index (χ1v) is 7.85. The molecule has 0 aromatic carbocycles. The average molecular weight is 317 g/mol. The number of aromatic nitrogens is 2. The molecule has 22 heavy (non-hydrogen) atoms. The van der Waals surface area contributed by atoms with E-state index < -0.39 is 0 Å². The van der Waals surface area contributed by atoms with E-state index in [9.17, 15) is 4.79 Å². The monoisotopic (exact) mass is 317 g/mol. The van der Waals surface area contributed by atoms with Crippen LogP contribution in [0, 0.1) is 0 Å². The number of furan rings is 1. The van der Waals surface area contributed by atoms with Crippen LogP contribution < -0.4 is 5.32 Å². The molecule has 0 unspecified atom stereocenters. The molecule has 0 aliphatic carbocycles. The molecule has 0 fully saturated rings. The summed E-state index contributed by atoms with van der Waals surface area (Å²) in [5.74, 6) is 1.88. The molecular formula is C15H15N3O3S. The van der Waals surface area contributed by atoms with Gasteiger partial charge in [-0.05, 0) is 30.0 Å². The van der Waals surface area contributed by atoms with E-state index in [0.717, 1.165) is 10.6 Å². The third kappa shape index (κ3) is 3.82. The third-order valence-electron chi connectivity index (χ3n) is 3.04. The van der Waals surface area contributed by atoms with Crippen LogP contribution in [0.4, 0.5) is 0 Å². The van der Waals surface area contributed by atoms with Crippen LogP contribution in [0.3, 0.4) is 0 Å². The lowest BCUT2D eigenvalue weighted by Gasteiger charge is -2.01. The van der Waals surface area contributed by atoms with Crippen molar-refractivity contribution in [2.75, 3.05) is 0 Å². The number of hydrogen-bond acceptors (Lipinski definition) is 6. The lowest BCUT2D eigenvalue weighted by Crippen LogP contribution is -2.22. The van der Waals surface area contributed by atoms with Gasteiger partial charge in [-0.3, -0.25) is 4.79 Å². The molecule has 1 N–H and O–H groups in total. The zero-order valence-corrected chi connectivity index (χ0v) is 12.6. The van der Waals surface area contributed by atoms with Crippen LogP contribution in [-0.4, -0.2) is 16.0 Å². The summed E-state index contributed by atoms with van der Waals surface area (Å²) in [5.41, 5.74) is 0. The molecule has 3 aromatic heterocycles. The molecule has 7 heteroatoms. The Hall–Kier alpha value is -2.41. The van der Waals surface area contributed by atoms with Crippen molar-refractivity contribution in [1.82, 2.24) is 15.5 Å². The lowest BCUT2D eigenvalue weighted by atomic mass is 10.2. The molecule has 0 saturated carbocycles. The van der Waals surface area contributed by atoms with E-state index >= 15 is 0 Å². The zero-order valence-electron chi connectivity index (χ0n) is 11.8. The molecule has 0 bridgehead atoms. The first-order chi connectivity index (χ1) is 10.8. The fourth-order valence-corrected chi connectivity index (χ4v) is 2.60. The molecule has 1 amide bonds. The number of nitrogens with zero attached hydrogens (tertiary/aromatic N) is 2. The Morgan fingerprint density at radius 1 is 1.32 bits per heavy atom. The number of aryl methyl sites for hydroxylation is 1. The van der Waals surface area contributed by atoms with Crippen molar-refractivity contribution >= 4 is 17.2 Å². The number of thiophene rings is 1. The van der Waals surface area contributed by atoms with Crippen molar-refractivity contribution in [3.8, 4) is 10.7 Å². The van der Waals surface area contributed by atoms with Gasteiger partial charge in [-0.2, -0.15) is 4.98 Å². The van der Waals surface area contributed by atoms with Crippen molar-refractivity contribution in [2.45, 2.75) is 25.8 Å². The van der Waals surface area contributed by atoms with Gasteiger partial charge < -0.3 is 14.3 Å². The zero-order chi connectivity index (χ0) is 15.2. The average Bonchev–Trinajstić information content (AvgIpc) is 3.26. The summed E-state index contributed by atoms with van der Waals surface area (Å²) in [6.45, 7) is 0.412. The highest BCUT2D eigenvalue weighted by Gasteiger charge is 2.10. The van der Waals surface area contributed by atoms with Crippen LogP contribution in [0.15, 0.2) is 44.8 Å². The molecule has 3 aromatic rings. The predicted octanol–water partition coefficient (Wildman–Crippen LogP) is 3.03. The molecular weight excluding hydrogens is 302 g/mol. The SMILES string of the molecule is O=C(CCCc1nc(-c2cccs2)no1)NCc1ccco1. The highest BCUT2D eigenvalue weighted by atomic mass is 32.1. The van der Waals surface area contributed by atoms with Crippen LogP contribution in [-0.2, 0) is 17.8 Å². The molecule has 3 heterocycles. The van der Waals surface area contributed by atoms with Gasteiger partial charge in [0.2, 0.25) is 17.6 Å². The second kappa shape index (κ2) is 7.04. The third-order valence-corrected chi connectivity index (χ3v) is 3.91. The summed E-state index contributed by atoms with van der Waals surface area (Å²) in [6, 6.07) is 7.51. The van der Waals surface area contributed by atoms with Gasteiger partial charge in [-0.15, -0.1) is 11.3 Å². The molecule has 0 aliphatic rings. The number of amides is 1. The predicted molar refractivity (Wildman–Crippen MR) is 81.1 cm³/mol. The van der Waals surface area contributed by atoms with E-state index in [0.29, 0.717) is 37.5 Å². The largest absolute Gasteiger partial charge is 0.467 e. The van der Waals surface area contributed by atoms with E-state index in [1.165, 1.54) is 0 Å². The van der Waals surface area contributed by atoms with Crippen molar-refractivity contribution in [3.05, 3.63) is 47.6 Å². The maximum atomic E-state index is 11.7. The fraction of sp³-hybridized carbons (Fsp3) is 0.267. The van der Waals surface area contributed by atoms with Gasteiger partial charge in [0, 0.05) is 12.8 Å². The van der Waals surface area contributed by atoms with Crippen LogP contribution in [0.5, 0.6) is 0 Å². The van der Waals surface area contributed by atoms with Gasteiger partial charge in [0.1, 0.15) is 5.76 Å². The van der Waals surface area contributed by atoms with Crippen molar-refractivity contribution in [2.24, 2.45) is 0 Å². The van der Waals surface area contributed by atoms with Crippen molar-refractivity contribution < 1.29 is 13.7 Å². The van der Waals surface area contributed by atoms with Gasteiger partial charge in [-0.1, -0.05) is 11.2 Å². The van der Waals surface area contributed by atoms with Crippen LogP contribution in [0.1, 0.15) is 24.5 Å². The Morgan fingerprint density at radius 2 is 2.27 bits per heavy atom. The van der Waals surface area contributed by atoms with E-state index in [1.54, 1.807) is 23.7 Å². The Morgan fingerprint density at radius 3 is 3.05 bits per heavy atom. The first kappa shape index (κ1) is 14.5. The molecule has 0 atom stereocenters. The van der Waals surface area contributed by atoms with Gasteiger partial charge in [0.15, 0.2) is 0 Å². The van der Waals surface area contributed by atoms with Crippen LogP contribution in [0.2, 0.25) is 0 Å². The van der Waals surface area contributed by atoms with E-state index in [2.05, 4.69) is 15.5 Å². The summed E-state index contributed by atoms with van der Waals surface area (Å²) >= 11 is 1.57. The van der Waals surface area contributed by atoms with Gasteiger partial charge in [0.25, 0.3) is 0 Å². The van der Waals surface area contributed by atoms with Crippen LogP contribution in [0.25, 0.3) is 10.7 Å². The Bertz CT molecular complexity index is 704. The van der Waals surface area contributed by atoms with Crippen LogP contribution >= 0.6 is 11.3 Å². The molecule has 6 nitrogen and oxygen atoms in total. The van der Waals surface area contributed by atoms with Gasteiger partial charge in [-0.25, -0.2) is 0 Å². The molecule has 114 valence electrons. The summed E-state index contributed by atoms with van der Waals surface area (Å²) in [6.07, 6.45) is 3.25. The lowest BCUT2D eigenvalue weighted by molar-refractivity contribution is -0.121. The fourth-order valence-electron chi connectivity index (χ4n) is 1.95. The maximum Gasteiger partial charge on any atom is 0.226 e. The number of carbonyl (C=O) groups is 1. The van der Waals surface area contributed by atoms with Crippen molar-refractivity contribution in [1.29, 1.82) is 0 Å². The quantitative estimate of drug-likeness (QED) is 0.724. The summed E-state index contributed by atoms with van der Waals surface area (Å²) in [7, 11) is 0.